The Morgan fingerprint density at radius 3 is 2.75 bits per heavy atom. The van der Waals surface area contributed by atoms with Crippen molar-refractivity contribution in [2.75, 3.05) is 33.4 Å². The van der Waals surface area contributed by atoms with Crippen LogP contribution < -0.4 is 4.74 Å². The maximum Gasteiger partial charge on any atom is 0.257 e. The van der Waals surface area contributed by atoms with Crippen molar-refractivity contribution in [1.82, 2.24) is 4.90 Å². The van der Waals surface area contributed by atoms with Crippen LogP contribution in [0.15, 0.2) is 17.1 Å². The number of methoxy groups -OCH3 is 1. The maximum absolute atomic E-state index is 12.5. The number of rotatable bonds is 3. The number of morpholine rings is 1. The van der Waals surface area contributed by atoms with Crippen LogP contribution in [-0.4, -0.2) is 49.4 Å². The molecule has 0 saturated carbocycles. The molecule has 0 bridgehead atoms. The maximum atomic E-state index is 12.5. The largest absolute Gasteiger partial charge is 0.496 e. The summed E-state index contributed by atoms with van der Waals surface area (Å²) in [5.41, 5.74) is 2.06. The van der Waals surface area contributed by atoms with Gasteiger partial charge in [-0.25, -0.2) is 0 Å². The van der Waals surface area contributed by atoms with Gasteiger partial charge in [0.25, 0.3) is 5.91 Å². The lowest BCUT2D eigenvalue weighted by Crippen LogP contribution is -2.40. The number of carbonyl (C=O) groups is 1. The molecule has 1 aromatic rings. The highest BCUT2D eigenvalue weighted by Crippen LogP contribution is 2.29. The molecule has 6 heteroatoms. The summed E-state index contributed by atoms with van der Waals surface area (Å²) in [4.78, 5) is 18.3. The number of isothiocyanates is 1. The molecule has 1 amide bonds. The lowest BCUT2D eigenvalue weighted by atomic mass is 10.1. The van der Waals surface area contributed by atoms with Gasteiger partial charge < -0.3 is 14.4 Å². The standard InChI is InChI=1S/C14H16N2O3S/c1-10-7-11(13(18-2)8-12(10)15-9-20)14(17)16-3-5-19-6-4-16/h7-8H,3-6H2,1-2H3. The molecule has 2 rings (SSSR count). The highest BCUT2D eigenvalue weighted by molar-refractivity contribution is 7.78. The predicted molar refractivity (Wildman–Crippen MR) is 79.1 cm³/mol. The number of thiocarbonyl (C=S) groups is 1. The fraction of sp³-hybridized carbons (Fsp3) is 0.429. The smallest absolute Gasteiger partial charge is 0.257 e. The molecule has 0 unspecified atom stereocenters. The molecule has 1 heterocycles. The first-order valence-corrected chi connectivity index (χ1v) is 6.71. The Hall–Kier alpha value is -1.75. The molecule has 1 fully saturated rings. The van der Waals surface area contributed by atoms with Gasteiger partial charge in [-0.15, -0.1) is 0 Å². The van der Waals surface area contributed by atoms with Crippen LogP contribution in [0.3, 0.4) is 0 Å². The first-order chi connectivity index (χ1) is 9.67. The Kier molecular flexibility index (Phi) is 4.84. The van der Waals surface area contributed by atoms with Crippen LogP contribution in [0.1, 0.15) is 15.9 Å². The Morgan fingerprint density at radius 2 is 2.15 bits per heavy atom. The van der Waals surface area contributed by atoms with Crippen LogP contribution in [0.2, 0.25) is 0 Å². The molecule has 5 nitrogen and oxygen atoms in total. The number of hydrogen-bond donors (Lipinski definition) is 0. The van der Waals surface area contributed by atoms with Gasteiger partial charge in [-0.3, -0.25) is 4.79 Å². The van der Waals surface area contributed by atoms with Gasteiger partial charge in [0.1, 0.15) is 5.75 Å². The Morgan fingerprint density at radius 1 is 1.45 bits per heavy atom. The van der Waals surface area contributed by atoms with Crippen LogP contribution in [0.25, 0.3) is 0 Å². The summed E-state index contributed by atoms with van der Waals surface area (Å²) in [6.07, 6.45) is 0. The van der Waals surface area contributed by atoms with Crippen molar-refractivity contribution in [2.45, 2.75) is 6.92 Å². The monoisotopic (exact) mass is 292 g/mol. The molecular formula is C14H16N2O3S. The van der Waals surface area contributed by atoms with Crippen LogP contribution in [0, 0.1) is 6.92 Å². The van der Waals surface area contributed by atoms with E-state index in [1.165, 1.54) is 7.11 Å². The predicted octanol–water partition coefficient (Wildman–Crippen LogP) is 2.21. The first kappa shape index (κ1) is 14.7. The normalized spacial score (nSPS) is 14.6. The minimum atomic E-state index is -0.0499. The second kappa shape index (κ2) is 6.61. The highest BCUT2D eigenvalue weighted by Gasteiger charge is 2.22. The quantitative estimate of drug-likeness (QED) is 0.633. The van der Waals surface area contributed by atoms with E-state index in [0.29, 0.717) is 43.3 Å². The van der Waals surface area contributed by atoms with Crippen LogP contribution in [-0.2, 0) is 4.74 Å². The Bertz CT molecular complexity index is 562. The number of amides is 1. The summed E-state index contributed by atoms with van der Waals surface area (Å²) in [6, 6.07) is 3.49. The number of ether oxygens (including phenoxy) is 2. The zero-order valence-electron chi connectivity index (χ0n) is 11.5. The lowest BCUT2D eigenvalue weighted by molar-refractivity contribution is 0.0301. The van der Waals surface area contributed by atoms with Crippen LogP contribution in [0.5, 0.6) is 5.75 Å². The topological polar surface area (TPSA) is 51.1 Å². The zero-order valence-corrected chi connectivity index (χ0v) is 12.3. The molecule has 0 aliphatic carbocycles. The Balaban J connectivity index is 2.37. The van der Waals surface area contributed by atoms with E-state index < -0.39 is 0 Å². The van der Waals surface area contributed by atoms with E-state index in [1.54, 1.807) is 17.0 Å². The summed E-state index contributed by atoms with van der Waals surface area (Å²) >= 11 is 4.61. The zero-order chi connectivity index (χ0) is 14.5. The van der Waals surface area contributed by atoms with E-state index in [0.717, 1.165) is 5.56 Å². The number of nitrogens with zero attached hydrogens (tertiary/aromatic N) is 2. The van der Waals surface area contributed by atoms with Crippen molar-refractivity contribution < 1.29 is 14.3 Å². The van der Waals surface area contributed by atoms with Gasteiger partial charge in [0, 0.05) is 19.2 Å². The second-order valence-electron chi connectivity index (χ2n) is 4.45. The average Bonchev–Trinajstić information content (AvgIpc) is 2.49. The van der Waals surface area contributed by atoms with Gasteiger partial charge in [0.05, 0.1) is 36.7 Å². The molecule has 0 aromatic heterocycles. The van der Waals surface area contributed by atoms with E-state index >= 15 is 0 Å². The van der Waals surface area contributed by atoms with Gasteiger partial charge in [-0.1, -0.05) is 0 Å². The molecule has 0 radical (unpaired) electrons. The van der Waals surface area contributed by atoms with Gasteiger partial charge in [-0.2, -0.15) is 4.99 Å². The molecular weight excluding hydrogens is 276 g/mol. The van der Waals surface area contributed by atoms with Crippen molar-refractivity contribution in [3.8, 4) is 5.75 Å². The van der Waals surface area contributed by atoms with Crippen molar-refractivity contribution in [3.63, 3.8) is 0 Å². The third-order valence-electron chi connectivity index (χ3n) is 3.21. The molecule has 1 aliphatic rings. The summed E-state index contributed by atoms with van der Waals surface area (Å²) in [7, 11) is 1.53. The number of hydrogen-bond acceptors (Lipinski definition) is 5. The molecule has 20 heavy (non-hydrogen) atoms. The van der Waals surface area contributed by atoms with E-state index in [2.05, 4.69) is 22.4 Å². The molecule has 106 valence electrons. The molecule has 0 atom stereocenters. The number of benzene rings is 1. The minimum absolute atomic E-state index is 0.0499. The fourth-order valence-electron chi connectivity index (χ4n) is 2.12. The third kappa shape index (κ3) is 3.04. The summed E-state index contributed by atoms with van der Waals surface area (Å²) in [5, 5.41) is 2.33. The summed E-state index contributed by atoms with van der Waals surface area (Å²) in [5.74, 6) is 0.447. The SMILES string of the molecule is COc1cc(N=C=S)c(C)cc1C(=O)N1CCOCC1. The highest BCUT2D eigenvalue weighted by atomic mass is 32.1. The van der Waals surface area contributed by atoms with E-state index in [-0.39, 0.29) is 5.91 Å². The fourth-order valence-corrected chi connectivity index (χ4v) is 2.22. The van der Waals surface area contributed by atoms with Crippen molar-refractivity contribution in [2.24, 2.45) is 4.99 Å². The van der Waals surface area contributed by atoms with Gasteiger partial charge in [-0.05, 0) is 30.8 Å². The molecule has 0 spiro atoms. The minimum Gasteiger partial charge on any atom is -0.496 e. The van der Waals surface area contributed by atoms with Gasteiger partial charge >= 0.3 is 0 Å². The van der Waals surface area contributed by atoms with Crippen molar-refractivity contribution in [1.29, 1.82) is 0 Å². The number of aryl methyl sites for hydroxylation is 1. The number of aliphatic imine (C=N–C) groups is 1. The molecule has 1 saturated heterocycles. The van der Waals surface area contributed by atoms with Crippen molar-refractivity contribution in [3.05, 3.63) is 23.3 Å². The van der Waals surface area contributed by atoms with E-state index in [1.807, 2.05) is 6.92 Å². The molecule has 0 N–H and O–H groups in total. The van der Waals surface area contributed by atoms with E-state index in [9.17, 15) is 4.79 Å². The molecule has 1 aliphatic heterocycles. The van der Waals surface area contributed by atoms with Gasteiger partial charge in [0.2, 0.25) is 0 Å². The van der Waals surface area contributed by atoms with Crippen LogP contribution in [0.4, 0.5) is 5.69 Å². The van der Waals surface area contributed by atoms with Crippen molar-refractivity contribution >= 4 is 29.0 Å². The van der Waals surface area contributed by atoms with Crippen LogP contribution >= 0.6 is 12.2 Å². The van der Waals surface area contributed by atoms with E-state index in [4.69, 9.17) is 9.47 Å². The number of carbonyl (C=O) groups excluding carboxylic acids is 1. The molecule has 1 aromatic carbocycles. The Labute approximate surface area is 123 Å². The lowest BCUT2D eigenvalue weighted by Gasteiger charge is -2.27. The third-order valence-corrected chi connectivity index (χ3v) is 3.30. The first-order valence-electron chi connectivity index (χ1n) is 6.31. The summed E-state index contributed by atoms with van der Waals surface area (Å²) in [6.45, 7) is 4.21. The second-order valence-corrected chi connectivity index (χ2v) is 4.63. The van der Waals surface area contributed by atoms with Gasteiger partial charge in [0.15, 0.2) is 0 Å². The average molecular weight is 292 g/mol. The summed E-state index contributed by atoms with van der Waals surface area (Å²) < 4.78 is 10.6.